The minimum Gasteiger partial charge on any atom is -0.258 e. The lowest BCUT2D eigenvalue weighted by Crippen LogP contribution is -2.02. The van der Waals surface area contributed by atoms with Gasteiger partial charge in [0.1, 0.15) is 5.52 Å². The van der Waals surface area contributed by atoms with Crippen LogP contribution in [0.1, 0.15) is 18.9 Å². The molecular formula is C13H13ClN2O2. The van der Waals surface area contributed by atoms with Crippen LogP contribution in [0, 0.1) is 10.1 Å². The van der Waals surface area contributed by atoms with Crippen molar-refractivity contribution >= 4 is 28.2 Å². The maximum Gasteiger partial charge on any atom is 0.295 e. The van der Waals surface area contributed by atoms with Crippen molar-refractivity contribution in [2.75, 3.05) is 0 Å². The maximum absolute atomic E-state index is 10.9. The third-order valence-electron chi connectivity index (χ3n) is 2.92. The number of aromatic nitrogens is 1. The number of nitrogens with zero attached hydrogens (tertiary/aromatic N) is 2. The van der Waals surface area contributed by atoms with Crippen molar-refractivity contribution < 1.29 is 4.92 Å². The molecule has 0 spiro atoms. The summed E-state index contributed by atoms with van der Waals surface area (Å²) in [7, 11) is 0. The van der Waals surface area contributed by atoms with Gasteiger partial charge in [0, 0.05) is 23.0 Å². The van der Waals surface area contributed by atoms with Gasteiger partial charge in [0.05, 0.1) is 4.92 Å². The van der Waals surface area contributed by atoms with E-state index in [1.54, 1.807) is 12.3 Å². The second kappa shape index (κ2) is 5.31. The average Bonchev–Trinajstić information content (AvgIpc) is 2.38. The Labute approximate surface area is 110 Å². The molecule has 0 aliphatic rings. The fraction of sp³-hybridized carbons (Fsp3) is 0.308. The topological polar surface area (TPSA) is 56.0 Å². The van der Waals surface area contributed by atoms with Crippen LogP contribution in [-0.4, -0.2) is 15.3 Å². The van der Waals surface area contributed by atoms with Gasteiger partial charge in [0.15, 0.2) is 0 Å². The van der Waals surface area contributed by atoms with E-state index < -0.39 is 4.92 Å². The first-order valence-electron chi connectivity index (χ1n) is 5.78. The number of halogens is 1. The molecule has 0 aliphatic heterocycles. The molecule has 4 nitrogen and oxygen atoms in total. The molecule has 1 aromatic carbocycles. The van der Waals surface area contributed by atoms with Crippen LogP contribution in [0.3, 0.4) is 0 Å². The first-order chi connectivity index (χ1) is 8.63. The molecule has 1 unspecified atom stereocenters. The van der Waals surface area contributed by atoms with Gasteiger partial charge in [-0.15, -0.1) is 11.6 Å². The van der Waals surface area contributed by atoms with Gasteiger partial charge in [-0.3, -0.25) is 10.1 Å². The first-order valence-corrected chi connectivity index (χ1v) is 6.22. The second-order valence-corrected chi connectivity index (χ2v) is 4.73. The summed E-state index contributed by atoms with van der Waals surface area (Å²) in [5.74, 6) is 0. The lowest BCUT2D eigenvalue weighted by molar-refractivity contribution is -0.383. The number of hydrogen-bond donors (Lipinski definition) is 0. The Hall–Kier alpha value is -1.68. The Bertz CT molecular complexity index is 586. The van der Waals surface area contributed by atoms with Crippen molar-refractivity contribution in [2.45, 2.75) is 25.1 Å². The highest BCUT2D eigenvalue weighted by atomic mass is 35.5. The maximum atomic E-state index is 10.9. The molecule has 5 heteroatoms. The van der Waals surface area contributed by atoms with E-state index in [9.17, 15) is 10.1 Å². The zero-order chi connectivity index (χ0) is 13.1. The predicted octanol–water partition coefficient (Wildman–Crippen LogP) is 3.70. The number of fused-ring (bicyclic) bond motifs is 1. The molecule has 2 aromatic rings. The van der Waals surface area contributed by atoms with Crippen LogP contribution in [0.15, 0.2) is 30.5 Å². The van der Waals surface area contributed by atoms with E-state index in [0.717, 1.165) is 17.4 Å². The smallest absolute Gasteiger partial charge is 0.258 e. The Morgan fingerprint density at radius 2 is 2.22 bits per heavy atom. The number of alkyl halides is 1. The number of nitro benzene ring substituents is 1. The molecule has 0 N–H and O–H groups in total. The molecule has 2 rings (SSSR count). The fourth-order valence-corrected chi connectivity index (χ4v) is 2.09. The normalized spacial score (nSPS) is 12.6. The van der Waals surface area contributed by atoms with E-state index in [-0.39, 0.29) is 11.1 Å². The zero-order valence-electron chi connectivity index (χ0n) is 9.97. The molecule has 1 atom stereocenters. The van der Waals surface area contributed by atoms with Crippen molar-refractivity contribution in [1.82, 2.24) is 4.98 Å². The number of benzene rings is 1. The lowest BCUT2D eigenvalue weighted by Gasteiger charge is -2.09. The van der Waals surface area contributed by atoms with E-state index >= 15 is 0 Å². The Kier molecular flexibility index (Phi) is 3.77. The third kappa shape index (κ3) is 2.43. The third-order valence-corrected chi connectivity index (χ3v) is 3.38. The van der Waals surface area contributed by atoms with Crippen molar-refractivity contribution in [3.05, 3.63) is 46.1 Å². The number of pyridine rings is 1. The summed E-state index contributed by atoms with van der Waals surface area (Å²) >= 11 is 6.15. The zero-order valence-corrected chi connectivity index (χ0v) is 10.7. The Morgan fingerprint density at radius 3 is 2.89 bits per heavy atom. The summed E-state index contributed by atoms with van der Waals surface area (Å²) in [6.07, 6.45) is 3.16. The van der Waals surface area contributed by atoms with Crippen LogP contribution in [0.25, 0.3) is 10.9 Å². The highest BCUT2D eigenvalue weighted by Gasteiger charge is 2.15. The lowest BCUT2D eigenvalue weighted by atomic mass is 10.0. The summed E-state index contributed by atoms with van der Waals surface area (Å²) in [6.45, 7) is 2.02. The molecule has 1 heterocycles. The summed E-state index contributed by atoms with van der Waals surface area (Å²) in [5.41, 5.74) is 1.47. The van der Waals surface area contributed by atoms with Crippen LogP contribution in [0.5, 0.6) is 0 Å². The quantitative estimate of drug-likeness (QED) is 0.481. The SMILES string of the molecule is CCC(Cl)Cc1ccnc2c([N+](=O)[O-])cccc12. The monoisotopic (exact) mass is 264 g/mol. The van der Waals surface area contributed by atoms with Gasteiger partial charge >= 0.3 is 0 Å². The number of rotatable bonds is 4. The van der Waals surface area contributed by atoms with E-state index in [0.29, 0.717) is 11.9 Å². The molecule has 94 valence electrons. The summed E-state index contributed by atoms with van der Waals surface area (Å²) in [6, 6.07) is 6.87. The van der Waals surface area contributed by atoms with Gasteiger partial charge in [-0.1, -0.05) is 19.1 Å². The predicted molar refractivity (Wildman–Crippen MR) is 72.0 cm³/mol. The highest BCUT2D eigenvalue weighted by molar-refractivity contribution is 6.20. The minimum atomic E-state index is -0.406. The molecule has 0 saturated heterocycles. The Morgan fingerprint density at radius 1 is 1.44 bits per heavy atom. The van der Waals surface area contributed by atoms with Crippen molar-refractivity contribution in [3.8, 4) is 0 Å². The molecule has 0 amide bonds. The van der Waals surface area contributed by atoms with Crippen molar-refractivity contribution in [1.29, 1.82) is 0 Å². The van der Waals surface area contributed by atoms with Gasteiger partial charge in [0.2, 0.25) is 0 Å². The molecular weight excluding hydrogens is 252 g/mol. The van der Waals surface area contributed by atoms with Crippen LogP contribution < -0.4 is 0 Å². The van der Waals surface area contributed by atoms with E-state index in [4.69, 9.17) is 11.6 Å². The summed E-state index contributed by atoms with van der Waals surface area (Å²) in [5, 5.41) is 11.8. The van der Waals surface area contributed by atoms with Crippen LogP contribution in [0.4, 0.5) is 5.69 Å². The number of non-ortho nitro benzene ring substituents is 1. The van der Waals surface area contributed by atoms with Crippen LogP contribution in [0.2, 0.25) is 0 Å². The molecule has 0 fully saturated rings. The van der Waals surface area contributed by atoms with E-state index in [2.05, 4.69) is 4.98 Å². The van der Waals surface area contributed by atoms with Gasteiger partial charge in [-0.25, -0.2) is 4.98 Å². The van der Waals surface area contributed by atoms with Gasteiger partial charge in [-0.2, -0.15) is 0 Å². The molecule has 0 radical (unpaired) electrons. The standard InChI is InChI=1S/C13H13ClN2O2/c1-2-10(14)8-9-6-7-15-13-11(9)4-3-5-12(13)16(17)18/h3-7,10H,2,8H2,1H3. The van der Waals surface area contributed by atoms with E-state index in [1.165, 1.54) is 6.07 Å². The molecule has 1 aromatic heterocycles. The average molecular weight is 265 g/mol. The number of nitro groups is 1. The minimum absolute atomic E-state index is 0.0369. The number of para-hydroxylation sites is 1. The largest absolute Gasteiger partial charge is 0.295 e. The fourth-order valence-electron chi connectivity index (χ4n) is 1.93. The van der Waals surface area contributed by atoms with Crippen molar-refractivity contribution in [2.24, 2.45) is 0 Å². The first kappa shape index (κ1) is 12.8. The highest BCUT2D eigenvalue weighted by Crippen LogP contribution is 2.27. The van der Waals surface area contributed by atoms with E-state index in [1.807, 2.05) is 19.1 Å². The van der Waals surface area contributed by atoms with Gasteiger partial charge < -0.3 is 0 Å². The van der Waals surface area contributed by atoms with Gasteiger partial charge in [0.25, 0.3) is 5.69 Å². The van der Waals surface area contributed by atoms with Crippen LogP contribution in [-0.2, 0) is 6.42 Å². The number of hydrogen-bond acceptors (Lipinski definition) is 3. The van der Waals surface area contributed by atoms with Gasteiger partial charge in [-0.05, 0) is 24.5 Å². The summed E-state index contributed by atoms with van der Waals surface area (Å²) < 4.78 is 0. The molecule has 0 aliphatic carbocycles. The molecule has 18 heavy (non-hydrogen) atoms. The Balaban J connectivity index is 2.56. The molecule has 0 bridgehead atoms. The van der Waals surface area contributed by atoms with Crippen molar-refractivity contribution in [3.63, 3.8) is 0 Å². The molecule has 0 saturated carbocycles. The van der Waals surface area contributed by atoms with Crippen LogP contribution >= 0.6 is 11.6 Å². The second-order valence-electron chi connectivity index (χ2n) is 4.11. The summed E-state index contributed by atoms with van der Waals surface area (Å²) in [4.78, 5) is 14.6.